The number of aliphatic imine (C=N–C) groups is 1. The zero-order valence-corrected chi connectivity index (χ0v) is 14.3. The first-order valence-electron chi connectivity index (χ1n) is 8.50. The minimum Gasteiger partial charge on any atom is -0.361 e. The van der Waals surface area contributed by atoms with E-state index in [4.69, 9.17) is 0 Å². The molecule has 130 valence electrons. The van der Waals surface area contributed by atoms with E-state index in [1.807, 2.05) is 18.3 Å². The van der Waals surface area contributed by atoms with Crippen LogP contribution in [0, 0.1) is 5.82 Å². The molecule has 0 amide bonds. The van der Waals surface area contributed by atoms with E-state index in [-0.39, 0.29) is 5.82 Å². The molecule has 25 heavy (non-hydrogen) atoms. The Bertz CT molecular complexity index is 839. The maximum absolute atomic E-state index is 13.2. The van der Waals surface area contributed by atoms with E-state index in [1.54, 1.807) is 7.05 Å². The highest BCUT2D eigenvalue weighted by Gasteiger charge is 2.05. The van der Waals surface area contributed by atoms with Crippen molar-refractivity contribution in [3.8, 4) is 0 Å². The molecule has 0 aliphatic carbocycles. The Kier molecular flexibility index (Phi) is 5.67. The highest BCUT2D eigenvalue weighted by molar-refractivity contribution is 5.83. The Morgan fingerprint density at radius 3 is 2.56 bits per heavy atom. The molecule has 0 radical (unpaired) electrons. The van der Waals surface area contributed by atoms with Crippen molar-refractivity contribution in [1.29, 1.82) is 0 Å². The maximum Gasteiger partial charge on any atom is 0.190 e. The fourth-order valence-electron chi connectivity index (χ4n) is 2.87. The number of rotatable bonds is 6. The molecule has 0 aliphatic rings. The Hall–Kier alpha value is -2.82. The van der Waals surface area contributed by atoms with Gasteiger partial charge < -0.3 is 15.6 Å². The summed E-state index contributed by atoms with van der Waals surface area (Å²) in [7, 11) is 1.77. The number of hydrogen-bond acceptors (Lipinski definition) is 1. The van der Waals surface area contributed by atoms with Gasteiger partial charge in [0.1, 0.15) is 5.82 Å². The predicted octanol–water partition coefficient (Wildman–Crippen LogP) is 3.26. The number of H-pyrrole nitrogens is 1. The third-order valence-electron chi connectivity index (χ3n) is 4.19. The lowest BCUT2D eigenvalue weighted by atomic mass is 10.1. The molecule has 3 rings (SSSR count). The van der Waals surface area contributed by atoms with Gasteiger partial charge in [-0.15, -0.1) is 0 Å². The minimum absolute atomic E-state index is 0.220. The number of aromatic amines is 1. The van der Waals surface area contributed by atoms with Gasteiger partial charge in [0.25, 0.3) is 0 Å². The normalized spacial score (nSPS) is 11.7. The standard InChI is InChI=1S/C20H23FN4/c1-22-20(23-11-9-15-5-3-2-4-6-15)24-12-10-16-14-25-19-13-17(21)7-8-18(16)19/h2-8,13-14,25H,9-12H2,1H3,(H2,22,23,24). The smallest absolute Gasteiger partial charge is 0.190 e. The molecule has 0 atom stereocenters. The minimum atomic E-state index is -0.220. The van der Waals surface area contributed by atoms with Gasteiger partial charge in [0.2, 0.25) is 0 Å². The van der Waals surface area contributed by atoms with Crippen molar-refractivity contribution >= 4 is 16.9 Å². The second-order valence-electron chi connectivity index (χ2n) is 5.92. The molecule has 5 heteroatoms. The molecule has 1 heterocycles. The summed E-state index contributed by atoms with van der Waals surface area (Å²) >= 11 is 0. The van der Waals surface area contributed by atoms with Gasteiger partial charge in [-0.25, -0.2) is 4.39 Å². The van der Waals surface area contributed by atoms with Gasteiger partial charge in [-0.05, 0) is 42.2 Å². The monoisotopic (exact) mass is 338 g/mol. The zero-order chi connectivity index (χ0) is 17.5. The molecule has 4 nitrogen and oxygen atoms in total. The Labute approximate surface area is 147 Å². The van der Waals surface area contributed by atoms with Crippen LogP contribution in [0.2, 0.25) is 0 Å². The molecule has 3 aromatic rings. The largest absolute Gasteiger partial charge is 0.361 e. The summed E-state index contributed by atoms with van der Waals surface area (Å²) in [6, 6.07) is 15.2. The highest BCUT2D eigenvalue weighted by Crippen LogP contribution is 2.19. The number of fused-ring (bicyclic) bond motifs is 1. The van der Waals surface area contributed by atoms with Crippen LogP contribution in [-0.2, 0) is 12.8 Å². The molecule has 0 fully saturated rings. The van der Waals surface area contributed by atoms with Gasteiger partial charge in [-0.1, -0.05) is 30.3 Å². The van der Waals surface area contributed by atoms with Crippen molar-refractivity contribution in [3.63, 3.8) is 0 Å². The summed E-state index contributed by atoms with van der Waals surface area (Å²) in [5.74, 6) is 0.573. The van der Waals surface area contributed by atoms with Gasteiger partial charge in [0.15, 0.2) is 5.96 Å². The number of guanidine groups is 1. The number of nitrogens with one attached hydrogen (secondary N) is 3. The number of halogens is 1. The second kappa shape index (κ2) is 8.33. The maximum atomic E-state index is 13.2. The van der Waals surface area contributed by atoms with Crippen LogP contribution in [-0.4, -0.2) is 31.1 Å². The topological polar surface area (TPSA) is 52.2 Å². The van der Waals surface area contributed by atoms with Crippen LogP contribution in [0.3, 0.4) is 0 Å². The van der Waals surface area contributed by atoms with Crippen molar-refractivity contribution in [3.05, 3.63) is 71.7 Å². The summed E-state index contributed by atoms with van der Waals surface area (Å²) < 4.78 is 13.2. The number of benzene rings is 2. The van der Waals surface area contributed by atoms with Crippen molar-refractivity contribution < 1.29 is 4.39 Å². The lowest BCUT2D eigenvalue weighted by Gasteiger charge is -2.11. The lowest BCUT2D eigenvalue weighted by Crippen LogP contribution is -2.39. The Balaban J connectivity index is 1.46. The number of aromatic nitrogens is 1. The Morgan fingerprint density at radius 2 is 1.80 bits per heavy atom. The molecule has 0 aliphatic heterocycles. The lowest BCUT2D eigenvalue weighted by molar-refractivity contribution is 0.629. The molecule has 0 saturated carbocycles. The van der Waals surface area contributed by atoms with Crippen molar-refractivity contribution in [1.82, 2.24) is 15.6 Å². The van der Waals surface area contributed by atoms with Crippen LogP contribution in [0.5, 0.6) is 0 Å². The van der Waals surface area contributed by atoms with Crippen LogP contribution in [0.25, 0.3) is 10.9 Å². The van der Waals surface area contributed by atoms with Crippen LogP contribution in [0.4, 0.5) is 4.39 Å². The highest BCUT2D eigenvalue weighted by atomic mass is 19.1. The van der Waals surface area contributed by atoms with Crippen LogP contribution in [0.15, 0.2) is 59.7 Å². The SMILES string of the molecule is CN=C(NCCc1ccccc1)NCCc1c[nH]c2cc(F)ccc12. The molecule has 0 unspecified atom stereocenters. The molecule has 1 aromatic heterocycles. The predicted molar refractivity (Wildman–Crippen MR) is 101 cm³/mol. The molecule has 0 bridgehead atoms. The first-order chi connectivity index (χ1) is 12.3. The van der Waals surface area contributed by atoms with Gasteiger partial charge in [0.05, 0.1) is 0 Å². The molecule has 0 saturated heterocycles. The zero-order valence-electron chi connectivity index (χ0n) is 14.3. The van der Waals surface area contributed by atoms with Crippen molar-refractivity contribution in [2.75, 3.05) is 20.1 Å². The quantitative estimate of drug-likeness (QED) is 0.477. The van der Waals surface area contributed by atoms with E-state index in [0.29, 0.717) is 0 Å². The van der Waals surface area contributed by atoms with Gasteiger partial charge in [-0.3, -0.25) is 4.99 Å². The third kappa shape index (κ3) is 4.59. The van der Waals surface area contributed by atoms with E-state index in [2.05, 4.69) is 44.9 Å². The van der Waals surface area contributed by atoms with Gasteiger partial charge >= 0.3 is 0 Å². The number of nitrogens with zero attached hydrogens (tertiary/aromatic N) is 1. The van der Waals surface area contributed by atoms with Crippen LogP contribution in [0.1, 0.15) is 11.1 Å². The van der Waals surface area contributed by atoms with E-state index in [1.165, 1.54) is 23.3 Å². The van der Waals surface area contributed by atoms with Crippen molar-refractivity contribution in [2.24, 2.45) is 4.99 Å². The molecular formula is C20H23FN4. The molecule has 0 spiro atoms. The summed E-state index contributed by atoms with van der Waals surface area (Å²) in [6.07, 6.45) is 3.73. The first kappa shape index (κ1) is 17.0. The van der Waals surface area contributed by atoms with Gasteiger partial charge in [-0.2, -0.15) is 0 Å². The first-order valence-corrected chi connectivity index (χ1v) is 8.50. The van der Waals surface area contributed by atoms with E-state index < -0.39 is 0 Å². The summed E-state index contributed by atoms with van der Waals surface area (Å²) in [6.45, 7) is 1.59. The molecular weight excluding hydrogens is 315 g/mol. The van der Waals surface area contributed by atoms with Crippen LogP contribution >= 0.6 is 0 Å². The third-order valence-corrected chi connectivity index (χ3v) is 4.19. The summed E-state index contributed by atoms with van der Waals surface area (Å²) in [5, 5.41) is 7.71. The van der Waals surface area contributed by atoms with Crippen molar-refractivity contribution in [2.45, 2.75) is 12.8 Å². The average Bonchev–Trinajstić information content (AvgIpc) is 3.03. The fraction of sp³-hybridized carbons (Fsp3) is 0.250. The molecule has 2 aromatic carbocycles. The van der Waals surface area contributed by atoms with Gasteiger partial charge in [0, 0.05) is 37.2 Å². The number of hydrogen-bond donors (Lipinski definition) is 3. The summed E-state index contributed by atoms with van der Waals surface area (Å²) in [4.78, 5) is 7.37. The van der Waals surface area contributed by atoms with E-state index in [9.17, 15) is 4.39 Å². The second-order valence-corrected chi connectivity index (χ2v) is 5.92. The Morgan fingerprint density at radius 1 is 1.04 bits per heavy atom. The van der Waals surface area contributed by atoms with Crippen LogP contribution < -0.4 is 10.6 Å². The van der Waals surface area contributed by atoms with E-state index >= 15 is 0 Å². The average molecular weight is 338 g/mol. The fourth-order valence-corrected chi connectivity index (χ4v) is 2.87. The summed E-state index contributed by atoms with van der Waals surface area (Å²) in [5.41, 5.74) is 3.30. The van der Waals surface area contributed by atoms with E-state index in [0.717, 1.165) is 42.8 Å². The molecule has 3 N–H and O–H groups in total.